The van der Waals surface area contributed by atoms with E-state index in [9.17, 15) is 4.79 Å². The summed E-state index contributed by atoms with van der Waals surface area (Å²) in [5.74, 6) is 4.86. The number of hydrogen-bond donors (Lipinski definition) is 2. The summed E-state index contributed by atoms with van der Waals surface area (Å²) < 4.78 is 0. The summed E-state index contributed by atoms with van der Waals surface area (Å²) in [6.07, 6.45) is 0. The zero-order chi connectivity index (χ0) is 10.1. The van der Waals surface area contributed by atoms with Crippen LogP contribution in [0, 0.1) is 6.92 Å². The van der Waals surface area contributed by atoms with Crippen molar-refractivity contribution in [1.29, 1.82) is 0 Å². The van der Waals surface area contributed by atoms with E-state index in [-0.39, 0.29) is 5.91 Å². The van der Waals surface area contributed by atoms with Gasteiger partial charge in [0.15, 0.2) is 0 Å². The Bertz CT molecular complexity index is 319. The van der Waals surface area contributed by atoms with E-state index in [1.165, 1.54) is 11.3 Å². The van der Waals surface area contributed by atoms with Crippen LogP contribution in [0.5, 0.6) is 0 Å². The van der Waals surface area contributed by atoms with Gasteiger partial charge in [-0.05, 0) is 20.8 Å². The predicted molar refractivity (Wildman–Crippen MR) is 52.2 cm³/mol. The van der Waals surface area contributed by atoms with Crippen molar-refractivity contribution in [3.05, 3.63) is 16.1 Å². The number of hydrogen-bond acceptors (Lipinski definition) is 4. The SMILES string of the molecule is Cc1csc(C(C)(C)C(=O)NN)n1. The lowest BCUT2D eigenvalue weighted by Crippen LogP contribution is -2.43. The van der Waals surface area contributed by atoms with E-state index in [1.807, 2.05) is 12.3 Å². The Morgan fingerprint density at radius 2 is 2.31 bits per heavy atom. The third-order valence-corrected chi connectivity index (χ3v) is 3.14. The maximum atomic E-state index is 11.4. The molecule has 1 aromatic heterocycles. The summed E-state index contributed by atoms with van der Waals surface area (Å²) in [6.45, 7) is 5.50. The van der Waals surface area contributed by atoms with Gasteiger partial charge in [-0.2, -0.15) is 0 Å². The molecule has 1 heterocycles. The van der Waals surface area contributed by atoms with E-state index in [2.05, 4.69) is 10.4 Å². The summed E-state index contributed by atoms with van der Waals surface area (Å²) in [7, 11) is 0. The smallest absolute Gasteiger partial charge is 0.246 e. The van der Waals surface area contributed by atoms with Crippen LogP contribution in [0.25, 0.3) is 0 Å². The predicted octanol–water partition coefficient (Wildman–Crippen LogP) is 0.719. The van der Waals surface area contributed by atoms with Gasteiger partial charge in [0.25, 0.3) is 0 Å². The van der Waals surface area contributed by atoms with Crippen molar-refractivity contribution in [2.75, 3.05) is 0 Å². The van der Waals surface area contributed by atoms with E-state index in [0.717, 1.165) is 10.7 Å². The molecule has 0 spiro atoms. The maximum absolute atomic E-state index is 11.4. The van der Waals surface area contributed by atoms with Gasteiger partial charge in [0.1, 0.15) is 5.01 Å². The Morgan fingerprint density at radius 1 is 1.69 bits per heavy atom. The fourth-order valence-corrected chi connectivity index (χ4v) is 1.84. The summed E-state index contributed by atoms with van der Waals surface area (Å²) in [5.41, 5.74) is 2.42. The molecule has 72 valence electrons. The monoisotopic (exact) mass is 199 g/mol. The molecule has 1 aromatic rings. The highest BCUT2D eigenvalue weighted by molar-refractivity contribution is 7.10. The van der Waals surface area contributed by atoms with E-state index >= 15 is 0 Å². The van der Waals surface area contributed by atoms with Crippen LogP contribution in [0.1, 0.15) is 24.5 Å². The van der Waals surface area contributed by atoms with Crippen molar-refractivity contribution in [2.24, 2.45) is 5.84 Å². The number of carbonyl (C=O) groups excluding carboxylic acids is 1. The highest BCUT2D eigenvalue weighted by Crippen LogP contribution is 2.26. The third-order valence-electron chi connectivity index (χ3n) is 1.85. The van der Waals surface area contributed by atoms with Crippen LogP contribution in [0.4, 0.5) is 0 Å². The molecule has 0 aromatic carbocycles. The second-order valence-corrected chi connectivity index (χ2v) is 4.25. The van der Waals surface area contributed by atoms with Crippen LogP contribution < -0.4 is 11.3 Å². The van der Waals surface area contributed by atoms with Crippen LogP contribution in [0.3, 0.4) is 0 Å². The number of nitrogens with one attached hydrogen (secondary N) is 1. The molecule has 0 radical (unpaired) electrons. The average Bonchev–Trinajstić information content (AvgIpc) is 2.50. The van der Waals surface area contributed by atoms with Gasteiger partial charge in [-0.15, -0.1) is 11.3 Å². The highest BCUT2D eigenvalue weighted by atomic mass is 32.1. The van der Waals surface area contributed by atoms with Crippen LogP contribution in [0.15, 0.2) is 5.38 Å². The molecule has 0 saturated carbocycles. The lowest BCUT2D eigenvalue weighted by atomic mass is 9.94. The maximum Gasteiger partial charge on any atom is 0.246 e. The van der Waals surface area contributed by atoms with Gasteiger partial charge < -0.3 is 0 Å². The van der Waals surface area contributed by atoms with Crippen LogP contribution in [-0.2, 0) is 10.2 Å². The number of amides is 1. The molecular weight excluding hydrogens is 186 g/mol. The molecule has 0 fully saturated rings. The Kier molecular flexibility index (Phi) is 2.68. The molecule has 0 atom stereocenters. The lowest BCUT2D eigenvalue weighted by molar-refractivity contribution is -0.125. The molecule has 0 aliphatic heterocycles. The minimum atomic E-state index is -0.645. The van der Waals surface area contributed by atoms with Crippen molar-refractivity contribution < 1.29 is 4.79 Å². The van der Waals surface area contributed by atoms with Crippen molar-refractivity contribution >= 4 is 17.2 Å². The lowest BCUT2D eigenvalue weighted by Gasteiger charge is -2.18. The van der Waals surface area contributed by atoms with Crippen molar-refractivity contribution in [2.45, 2.75) is 26.2 Å². The number of nitrogens with zero attached hydrogens (tertiary/aromatic N) is 1. The molecule has 0 saturated heterocycles. The quantitative estimate of drug-likeness (QED) is 0.419. The Balaban J connectivity index is 2.99. The largest absolute Gasteiger partial charge is 0.293 e. The van der Waals surface area contributed by atoms with Gasteiger partial charge >= 0.3 is 0 Å². The topological polar surface area (TPSA) is 68.0 Å². The molecule has 0 bridgehead atoms. The van der Waals surface area contributed by atoms with E-state index in [0.29, 0.717) is 0 Å². The van der Waals surface area contributed by atoms with Gasteiger partial charge in [0, 0.05) is 11.1 Å². The zero-order valence-electron chi connectivity index (χ0n) is 7.92. The van der Waals surface area contributed by atoms with Gasteiger partial charge in [-0.1, -0.05) is 0 Å². The first-order valence-corrected chi connectivity index (χ1v) is 4.80. The van der Waals surface area contributed by atoms with Crippen molar-refractivity contribution in [1.82, 2.24) is 10.4 Å². The summed E-state index contributed by atoms with van der Waals surface area (Å²) in [6, 6.07) is 0. The number of aromatic nitrogens is 1. The van der Waals surface area contributed by atoms with Gasteiger partial charge in [-0.25, -0.2) is 10.8 Å². The summed E-state index contributed by atoms with van der Waals surface area (Å²) >= 11 is 1.47. The Labute approximate surface area is 81.1 Å². The average molecular weight is 199 g/mol. The van der Waals surface area contributed by atoms with Crippen molar-refractivity contribution in [3.63, 3.8) is 0 Å². The number of carbonyl (C=O) groups is 1. The second-order valence-electron chi connectivity index (χ2n) is 3.39. The molecule has 0 unspecified atom stereocenters. The van der Waals surface area contributed by atoms with Gasteiger partial charge in [-0.3, -0.25) is 10.2 Å². The molecule has 5 heteroatoms. The standard InChI is InChI=1S/C8H13N3OS/c1-5-4-13-7(10-5)8(2,3)6(12)11-9/h4H,9H2,1-3H3,(H,11,12). The van der Waals surface area contributed by atoms with Gasteiger partial charge in [0.05, 0.1) is 5.41 Å². The van der Waals surface area contributed by atoms with Crippen LogP contribution in [0.2, 0.25) is 0 Å². The first-order chi connectivity index (χ1) is 5.98. The van der Waals surface area contributed by atoms with Crippen LogP contribution in [-0.4, -0.2) is 10.9 Å². The zero-order valence-corrected chi connectivity index (χ0v) is 8.73. The minimum Gasteiger partial charge on any atom is -0.293 e. The second kappa shape index (κ2) is 3.43. The molecule has 0 aliphatic carbocycles. The Hall–Kier alpha value is -0.940. The first kappa shape index (κ1) is 10.1. The fraction of sp³-hybridized carbons (Fsp3) is 0.500. The van der Waals surface area contributed by atoms with E-state index < -0.39 is 5.41 Å². The molecule has 4 nitrogen and oxygen atoms in total. The van der Waals surface area contributed by atoms with E-state index in [4.69, 9.17) is 5.84 Å². The summed E-state index contributed by atoms with van der Waals surface area (Å²) in [5, 5.41) is 2.70. The number of aryl methyl sites for hydroxylation is 1. The molecular formula is C8H13N3OS. The van der Waals surface area contributed by atoms with Gasteiger partial charge in [0.2, 0.25) is 5.91 Å². The molecule has 0 aliphatic rings. The third kappa shape index (κ3) is 1.87. The molecule has 3 N–H and O–H groups in total. The van der Waals surface area contributed by atoms with Crippen LogP contribution >= 0.6 is 11.3 Å². The first-order valence-electron chi connectivity index (χ1n) is 3.92. The molecule has 13 heavy (non-hydrogen) atoms. The molecule has 1 amide bonds. The Morgan fingerprint density at radius 3 is 2.69 bits per heavy atom. The molecule has 1 rings (SSSR count). The fourth-order valence-electron chi connectivity index (χ4n) is 0.919. The highest BCUT2D eigenvalue weighted by Gasteiger charge is 2.32. The van der Waals surface area contributed by atoms with E-state index in [1.54, 1.807) is 13.8 Å². The number of hydrazine groups is 1. The number of thiazole rings is 1. The van der Waals surface area contributed by atoms with Crippen molar-refractivity contribution in [3.8, 4) is 0 Å². The minimum absolute atomic E-state index is 0.221. The normalized spacial score (nSPS) is 11.4. The number of rotatable bonds is 2. The summed E-state index contributed by atoms with van der Waals surface area (Å²) in [4.78, 5) is 15.6. The number of nitrogens with two attached hydrogens (primary N) is 1.